The number of rotatable bonds is 2. The van der Waals surface area contributed by atoms with Gasteiger partial charge in [0.25, 0.3) is 0 Å². The van der Waals surface area contributed by atoms with E-state index in [4.69, 9.17) is 10.00 Å². The van der Waals surface area contributed by atoms with E-state index in [1.807, 2.05) is 25.1 Å². The van der Waals surface area contributed by atoms with E-state index in [1.54, 1.807) is 0 Å². The van der Waals surface area contributed by atoms with Crippen LogP contribution in [0.5, 0.6) is 5.75 Å². The van der Waals surface area contributed by atoms with Crippen molar-refractivity contribution >= 4 is 0 Å². The lowest BCUT2D eigenvalue weighted by molar-refractivity contribution is 0.155. The van der Waals surface area contributed by atoms with Gasteiger partial charge in [0, 0.05) is 0 Å². The third-order valence-electron chi connectivity index (χ3n) is 3.17. The van der Waals surface area contributed by atoms with E-state index in [0.29, 0.717) is 6.10 Å². The van der Waals surface area contributed by atoms with Crippen molar-refractivity contribution in [3.63, 3.8) is 0 Å². The maximum Gasteiger partial charge on any atom is 0.120 e. The van der Waals surface area contributed by atoms with Crippen LogP contribution in [0.25, 0.3) is 0 Å². The fraction of sp³-hybridized carbons (Fsp3) is 0.500. The maximum absolute atomic E-state index is 8.84. The van der Waals surface area contributed by atoms with Crippen LogP contribution in [0.2, 0.25) is 0 Å². The Hall–Kier alpha value is -1.49. The lowest BCUT2D eigenvalue weighted by Crippen LogP contribution is -2.19. The van der Waals surface area contributed by atoms with Crippen LogP contribution in [0.1, 0.15) is 43.2 Å². The van der Waals surface area contributed by atoms with Gasteiger partial charge in [-0.1, -0.05) is 6.42 Å². The molecule has 2 nitrogen and oxygen atoms in total. The Morgan fingerprint density at radius 1 is 1.25 bits per heavy atom. The number of benzene rings is 1. The van der Waals surface area contributed by atoms with Crippen LogP contribution in [0.15, 0.2) is 18.2 Å². The van der Waals surface area contributed by atoms with Crippen LogP contribution >= 0.6 is 0 Å². The molecule has 0 aliphatic heterocycles. The summed E-state index contributed by atoms with van der Waals surface area (Å²) < 4.78 is 5.93. The standard InChI is InChI=1S/C14H17NO/c1-11-9-14(8-7-12(11)10-15)16-13-5-3-2-4-6-13/h7-9,13H,2-6H2,1H3. The number of nitriles is 1. The molecule has 0 saturated heterocycles. The second-order valence-electron chi connectivity index (χ2n) is 4.47. The van der Waals surface area contributed by atoms with E-state index in [9.17, 15) is 0 Å². The van der Waals surface area contributed by atoms with Crippen LogP contribution in [-0.4, -0.2) is 6.10 Å². The molecule has 0 amide bonds. The second-order valence-corrected chi connectivity index (χ2v) is 4.47. The molecule has 1 aliphatic carbocycles. The predicted molar refractivity (Wildman–Crippen MR) is 63.4 cm³/mol. The average Bonchev–Trinajstić information content (AvgIpc) is 2.31. The van der Waals surface area contributed by atoms with Gasteiger partial charge < -0.3 is 4.74 Å². The normalized spacial score (nSPS) is 16.8. The van der Waals surface area contributed by atoms with Gasteiger partial charge in [-0.2, -0.15) is 5.26 Å². The van der Waals surface area contributed by atoms with Gasteiger partial charge in [0.2, 0.25) is 0 Å². The largest absolute Gasteiger partial charge is 0.490 e. The zero-order valence-electron chi connectivity index (χ0n) is 9.70. The third kappa shape index (κ3) is 2.55. The molecule has 1 saturated carbocycles. The number of ether oxygens (including phenoxy) is 1. The molecule has 0 spiro atoms. The molecule has 0 heterocycles. The van der Waals surface area contributed by atoms with Crippen molar-refractivity contribution < 1.29 is 4.74 Å². The number of nitrogens with zero attached hydrogens (tertiary/aromatic N) is 1. The highest BCUT2D eigenvalue weighted by molar-refractivity contribution is 5.41. The first-order valence-corrected chi connectivity index (χ1v) is 5.97. The van der Waals surface area contributed by atoms with Crippen LogP contribution in [0.3, 0.4) is 0 Å². The Labute approximate surface area is 96.9 Å². The molecule has 0 atom stereocenters. The van der Waals surface area contributed by atoms with Crippen molar-refractivity contribution in [2.45, 2.75) is 45.1 Å². The summed E-state index contributed by atoms with van der Waals surface area (Å²) >= 11 is 0. The molecule has 0 radical (unpaired) electrons. The SMILES string of the molecule is Cc1cc(OC2CCCCC2)ccc1C#N. The summed E-state index contributed by atoms with van der Waals surface area (Å²) in [5.41, 5.74) is 1.73. The van der Waals surface area contributed by atoms with Crippen molar-refractivity contribution in [1.29, 1.82) is 5.26 Å². The second kappa shape index (κ2) is 5.03. The molecule has 0 bridgehead atoms. The van der Waals surface area contributed by atoms with Gasteiger partial charge in [-0.05, 0) is 56.4 Å². The quantitative estimate of drug-likeness (QED) is 0.755. The molecule has 0 unspecified atom stereocenters. The van der Waals surface area contributed by atoms with Gasteiger partial charge >= 0.3 is 0 Å². The maximum atomic E-state index is 8.84. The molecule has 84 valence electrons. The zero-order chi connectivity index (χ0) is 11.4. The lowest BCUT2D eigenvalue weighted by Gasteiger charge is -2.23. The molecule has 0 aromatic heterocycles. The highest BCUT2D eigenvalue weighted by Crippen LogP contribution is 2.24. The van der Waals surface area contributed by atoms with Gasteiger partial charge in [0.05, 0.1) is 17.7 Å². The summed E-state index contributed by atoms with van der Waals surface area (Å²) in [6, 6.07) is 7.88. The van der Waals surface area contributed by atoms with E-state index in [0.717, 1.165) is 16.9 Å². The summed E-state index contributed by atoms with van der Waals surface area (Å²) in [6.45, 7) is 1.95. The highest BCUT2D eigenvalue weighted by atomic mass is 16.5. The summed E-state index contributed by atoms with van der Waals surface area (Å²) in [6.07, 6.45) is 6.60. The summed E-state index contributed by atoms with van der Waals surface area (Å²) in [7, 11) is 0. The molecule has 2 heteroatoms. The first-order valence-electron chi connectivity index (χ1n) is 5.97. The van der Waals surface area contributed by atoms with E-state index in [1.165, 1.54) is 32.1 Å². The van der Waals surface area contributed by atoms with Crippen LogP contribution < -0.4 is 4.74 Å². The van der Waals surface area contributed by atoms with Gasteiger partial charge in [0.1, 0.15) is 5.75 Å². The molecule has 16 heavy (non-hydrogen) atoms. The van der Waals surface area contributed by atoms with Crippen molar-refractivity contribution in [2.75, 3.05) is 0 Å². The van der Waals surface area contributed by atoms with Crippen molar-refractivity contribution in [3.8, 4) is 11.8 Å². The summed E-state index contributed by atoms with van der Waals surface area (Å²) in [5, 5.41) is 8.84. The zero-order valence-corrected chi connectivity index (χ0v) is 9.70. The average molecular weight is 215 g/mol. The first-order chi connectivity index (χ1) is 7.79. The monoisotopic (exact) mass is 215 g/mol. The third-order valence-corrected chi connectivity index (χ3v) is 3.17. The highest BCUT2D eigenvalue weighted by Gasteiger charge is 2.14. The molecule has 1 aliphatic rings. The summed E-state index contributed by atoms with van der Waals surface area (Å²) in [5.74, 6) is 0.906. The Balaban J connectivity index is 2.04. The van der Waals surface area contributed by atoms with Crippen LogP contribution in [0, 0.1) is 18.3 Å². The minimum Gasteiger partial charge on any atom is -0.490 e. The van der Waals surface area contributed by atoms with E-state index in [2.05, 4.69) is 6.07 Å². The van der Waals surface area contributed by atoms with E-state index >= 15 is 0 Å². The number of hydrogen-bond donors (Lipinski definition) is 0. The number of hydrogen-bond acceptors (Lipinski definition) is 2. The fourth-order valence-corrected chi connectivity index (χ4v) is 2.21. The number of aryl methyl sites for hydroxylation is 1. The molecule has 2 rings (SSSR count). The molecule has 0 N–H and O–H groups in total. The molecule has 1 fully saturated rings. The lowest BCUT2D eigenvalue weighted by atomic mass is 9.98. The van der Waals surface area contributed by atoms with E-state index < -0.39 is 0 Å². The fourth-order valence-electron chi connectivity index (χ4n) is 2.21. The molecule has 1 aromatic carbocycles. The molecular weight excluding hydrogens is 198 g/mol. The van der Waals surface area contributed by atoms with Crippen molar-refractivity contribution in [2.24, 2.45) is 0 Å². The van der Waals surface area contributed by atoms with Crippen LogP contribution in [-0.2, 0) is 0 Å². The molecular formula is C14H17NO. The Bertz CT molecular complexity index is 400. The Morgan fingerprint density at radius 2 is 2.00 bits per heavy atom. The minimum atomic E-state index is 0.376. The van der Waals surface area contributed by atoms with Gasteiger partial charge in [-0.25, -0.2) is 0 Å². The summed E-state index contributed by atoms with van der Waals surface area (Å²) in [4.78, 5) is 0. The van der Waals surface area contributed by atoms with E-state index in [-0.39, 0.29) is 0 Å². The van der Waals surface area contributed by atoms with Gasteiger partial charge in [-0.15, -0.1) is 0 Å². The van der Waals surface area contributed by atoms with Crippen LogP contribution in [0.4, 0.5) is 0 Å². The van der Waals surface area contributed by atoms with Gasteiger partial charge in [-0.3, -0.25) is 0 Å². The first kappa shape index (κ1) is 11.0. The van der Waals surface area contributed by atoms with Crippen molar-refractivity contribution in [1.82, 2.24) is 0 Å². The molecule has 1 aromatic rings. The Morgan fingerprint density at radius 3 is 2.62 bits per heavy atom. The van der Waals surface area contributed by atoms with Gasteiger partial charge in [0.15, 0.2) is 0 Å². The minimum absolute atomic E-state index is 0.376. The predicted octanol–water partition coefficient (Wildman–Crippen LogP) is 3.58. The van der Waals surface area contributed by atoms with Crippen molar-refractivity contribution in [3.05, 3.63) is 29.3 Å². The topological polar surface area (TPSA) is 33.0 Å². The Kier molecular flexibility index (Phi) is 3.46. The smallest absolute Gasteiger partial charge is 0.120 e.